The Kier molecular flexibility index (Phi) is 11.1. The predicted octanol–water partition coefficient (Wildman–Crippen LogP) is 3.65. The molecule has 0 bridgehead atoms. The van der Waals surface area contributed by atoms with Crippen molar-refractivity contribution in [3.05, 3.63) is 35.4 Å². The van der Waals surface area contributed by atoms with Crippen molar-refractivity contribution in [2.24, 2.45) is 10.9 Å². The van der Waals surface area contributed by atoms with Crippen LogP contribution in [0.5, 0.6) is 0 Å². The summed E-state index contributed by atoms with van der Waals surface area (Å²) < 4.78 is 0. The zero-order chi connectivity index (χ0) is 17.2. The van der Waals surface area contributed by atoms with Crippen LogP contribution >= 0.6 is 24.0 Å². The maximum absolute atomic E-state index is 4.79. The van der Waals surface area contributed by atoms with Crippen molar-refractivity contribution >= 4 is 29.9 Å². The molecule has 0 amide bonds. The van der Waals surface area contributed by atoms with Crippen molar-refractivity contribution in [3.63, 3.8) is 0 Å². The minimum atomic E-state index is 0. The lowest BCUT2D eigenvalue weighted by atomic mass is 10.1. The summed E-state index contributed by atoms with van der Waals surface area (Å²) in [6.45, 7) is 12.9. The second kappa shape index (κ2) is 12.5. The normalized spacial score (nSPS) is 18.0. The first kappa shape index (κ1) is 22.2. The van der Waals surface area contributed by atoms with E-state index in [-0.39, 0.29) is 24.0 Å². The molecule has 25 heavy (non-hydrogen) atoms. The lowest BCUT2D eigenvalue weighted by molar-refractivity contribution is 0.324. The quantitative estimate of drug-likeness (QED) is 0.355. The van der Waals surface area contributed by atoms with Crippen molar-refractivity contribution in [1.82, 2.24) is 15.5 Å². The van der Waals surface area contributed by atoms with Crippen LogP contribution in [0.3, 0.4) is 0 Å². The highest BCUT2D eigenvalue weighted by molar-refractivity contribution is 14.0. The largest absolute Gasteiger partial charge is 0.357 e. The predicted molar refractivity (Wildman–Crippen MR) is 119 cm³/mol. The molecule has 1 heterocycles. The lowest BCUT2D eigenvalue weighted by Crippen LogP contribution is -2.40. The molecule has 0 saturated carbocycles. The summed E-state index contributed by atoms with van der Waals surface area (Å²) >= 11 is 0. The van der Waals surface area contributed by atoms with Crippen molar-refractivity contribution in [2.75, 3.05) is 32.7 Å². The maximum atomic E-state index is 4.79. The topological polar surface area (TPSA) is 39.7 Å². The molecule has 4 nitrogen and oxygen atoms in total. The van der Waals surface area contributed by atoms with E-state index in [0.29, 0.717) is 0 Å². The SMILES string of the molecule is CCCN1CCC(CNC(=NCc2ccccc2CC)NCC)C1.I. The highest BCUT2D eigenvalue weighted by Gasteiger charge is 2.21. The number of nitrogens with one attached hydrogen (secondary N) is 2. The highest BCUT2D eigenvalue weighted by Crippen LogP contribution is 2.15. The molecule has 1 aliphatic heterocycles. The number of aryl methyl sites for hydroxylation is 1. The van der Waals surface area contributed by atoms with E-state index in [1.54, 1.807) is 0 Å². The smallest absolute Gasteiger partial charge is 0.191 e. The number of nitrogens with zero attached hydrogens (tertiary/aromatic N) is 2. The third-order valence-electron chi connectivity index (χ3n) is 4.72. The Morgan fingerprint density at radius 3 is 2.60 bits per heavy atom. The zero-order valence-electron chi connectivity index (χ0n) is 16.1. The van der Waals surface area contributed by atoms with Crippen LogP contribution in [0.1, 0.15) is 44.7 Å². The number of likely N-dealkylation sites (tertiary alicyclic amines) is 1. The van der Waals surface area contributed by atoms with Gasteiger partial charge in [-0.2, -0.15) is 0 Å². The van der Waals surface area contributed by atoms with Gasteiger partial charge in [0.15, 0.2) is 5.96 Å². The Morgan fingerprint density at radius 2 is 1.92 bits per heavy atom. The average Bonchev–Trinajstić information content (AvgIpc) is 3.05. The number of guanidine groups is 1. The fraction of sp³-hybridized carbons (Fsp3) is 0.650. The summed E-state index contributed by atoms with van der Waals surface area (Å²) in [5, 5.41) is 6.92. The molecule has 1 atom stereocenters. The van der Waals surface area contributed by atoms with Gasteiger partial charge >= 0.3 is 0 Å². The van der Waals surface area contributed by atoms with E-state index in [0.717, 1.165) is 37.9 Å². The molecule has 1 aromatic carbocycles. The van der Waals surface area contributed by atoms with Crippen LogP contribution in [0.4, 0.5) is 0 Å². The third kappa shape index (κ3) is 7.52. The first-order chi connectivity index (χ1) is 11.8. The van der Waals surface area contributed by atoms with Crippen LogP contribution in [0.25, 0.3) is 0 Å². The number of rotatable bonds is 8. The fourth-order valence-corrected chi connectivity index (χ4v) is 3.40. The van der Waals surface area contributed by atoms with Crippen LogP contribution in [-0.4, -0.2) is 43.6 Å². The summed E-state index contributed by atoms with van der Waals surface area (Å²) in [6, 6.07) is 8.60. The third-order valence-corrected chi connectivity index (χ3v) is 4.72. The van der Waals surface area contributed by atoms with E-state index in [2.05, 4.69) is 60.6 Å². The van der Waals surface area contributed by atoms with Crippen molar-refractivity contribution < 1.29 is 0 Å². The summed E-state index contributed by atoms with van der Waals surface area (Å²) in [4.78, 5) is 7.37. The van der Waals surface area contributed by atoms with Gasteiger partial charge in [-0.05, 0) is 56.3 Å². The van der Waals surface area contributed by atoms with E-state index in [9.17, 15) is 0 Å². The Bertz CT molecular complexity index is 518. The molecule has 0 aromatic heterocycles. The minimum Gasteiger partial charge on any atom is -0.357 e. The van der Waals surface area contributed by atoms with Crippen molar-refractivity contribution in [2.45, 2.75) is 46.6 Å². The Balaban J connectivity index is 0.00000312. The first-order valence-corrected chi connectivity index (χ1v) is 9.58. The van der Waals surface area contributed by atoms with E-state index in [1.807, 2.05) is 0 Å². The molecular formula is C20H35IN4. The minimum absolute atomic E-state index is 0. The van der Waals surface area contributed by atoms with Gasteiger partial charge in [0.25, 0.3) is 0 Å². The van der Waals surface area contributed by atoms with Crippen molar-refractivity contribution in [1.29, 1.82) is 0 Å². The molecule has 2 N–H and O–H groups in total. The highest BCUT2D eigenvalue weighted by atomic mass is 127. The standard InChI is InChI=1S/C20H34N4.HI/c1-4-12-24-13-11-17(16-24)14-22-20(21-6-3)23-15-19-10-8-7-9-18(19)5-2;/h7-10,17H,4-6,11-16H2,1-3H3,(H2,21,22,23);1H. The van der Waals surface area contributed by atoms with Crippen LogP contribution in [0.15, 0.2) is 29.3 Å². The molecule has 1 aromatic rings. The van der Waals surface area contributed by atoms with Gasteiger partial charge in [-0.15, -0.1) is 24.0 Å². The molecule has 1 saturated heterocycles. The molecular weight excluding hydrogens is 423 g/mol. The van der Waals surface area contributed by atoms with Crippen LogP contribution in [-0.2, 0) is 13.0 Å². The monoisotopic (exact) mass is 458 g/mol. The molecule has 1 fully saturated rings. The van der Waals surface area contributed by atoms with Gasteiger partial charge in [0.1, 0.15) is 0 Å². The summed E-state index contributed by atoms with van der Waals surface area (Å²) in [6.07, 6.45) is 3.61. The van der Waals surface area contributed by atoms with Gasteiger partial charge in [0, 0.05) is 19.6 Å². The lowest BCUT2D eigenvalue weighted by Gasteiger charge is -2.17. The number of benzene rings is 1. The molecule has 142 valence electrons. The summed E-state index contributed by atoms with van der Waals surface area (Å²) in [5.41, 5.74) is 2.72. The van der Waals surface area contributed by atoms with Crippen LogP contribution < -0.4 is 10.6 Å². The molecule has 1 unspecified atom stereocenters. The molecule has 1 aliphatic rings. The average molecular weight is 458 g/mol. The number of hydrogen-bond acceptors (Lipinski definition) is 2. The zero-order valence-corrected chi connectivity index (χ0v) is 18.4. The molecule has 2 rings (SSSR count). The second-order valence-corrected chi connectivity index (χ2v) is 6.65. The van der Waals surface area contributed by atoms with Gasteiger partial charge in [0.2, 0.25) is 0 Å². The molecule has 0 spiro atoms. The fourth-order valence-electron chi connectivity index (χ4n) is 3.40. The molecule has 0 radical (unpaired) electrons. The summed E-state index contributed by atoms with van der Waals surface area (Å²) in [7, 11) is 0. The first-order valence-electron chi connectivity index (χ1n) is 9.58. The number of aliphatic imine (C=N–C) groups is 1. The number of hydrogen-bond donors (Lipinski definition) is 2. The Morgan fingerprint density at radius 1 is 1.16 bits per heavy atom. The Labute approximate surface area is 170 Å². The van der Waals surface area contributed by atoms with Crippen LogP contribution in [0, 0.1) is 5.92 Å². The molecule has 5 heteroatoms. The van der Waals surface area contributed by atoms with E-state index in [4.69, 9.17) is 4.99 Å². The summed E-state index contributed by atoms with van der Waals surface area (Å²) in [5.74, 6) is 1.68. The van der Waals surface area contributed by atoms with Gasteiger partial charge < -0.3 is 15.5 Å². The van der Waals surface area contributed by atoms with E-state index in [1.165, 1.54) is 43.6 Å². The second-order valence-electron chi connectivity index (χ2n) is 6.65. The Hall–Kier alpha value is -0.820. The van der Waals surface area contributed by atoms with Gasteiger partial charge in [-0.3, -0.25) is 0 Å². The van der Waals surface area contributed by atoms with Gasteiger partial charge in [-0.1, -0.05) is 38.1 Å². The van der Waals surface area contributed by atoms with Crippen molar-refractivity contribution in [3.8, 4) is 0 Å². The van der Waals surface area contributed by atoms with Gasteiger partial charge in [-0.25, -0.2) is 4.99 Å². The maximum Gasteiger partial charge on any atom is 0.191 e. The van der Waals surface area contributed by atoms with Crippen LogP contribution in [0.2, 0.25) is 0 Å². The van der Waals surface area contributed by atoms with E-state index >= 15 is 0 Å². The van der Waals surface area contributed by atoms with Gasteiger partial charge in [0.05, 0.1) is 6.54 Å². The van der Waals surface area contributed by atoms with E-state index < -0.39 is 0 Å². The number of halogens is 1. The molecule has 0 aliphatic carbocycles.